The number of amides is 1. The van der Waals surface area contributed by atoms with E-state index in [1.165, 1.54) is 0 Å². The molecule has 1 saturated heterocycles. The second-order valence-corrected chi connectivity index (χ2v) is 5.19. The van der Waals surface area contributed by atoms with E-state index in [0.717, 1.165) is 24.3 Å². The predicted molar refractivity (Wildman–Crippen MR) is 71.5 cm³/mol. The van der Waals surface area contributed by atoms with E-state index >= 15 is 0 Å². The molecule has 128 valence electrons. The molecule has 1 aliphatic rings. The van der Waals surface area contributed by atoms with Gasteiger partial charge < -0.3 is 25.4 Å². The Bertz CT molecular complexity index is 548. The zero-order chi connectivity index (χ0) is 17.2. The lowest BCUT2D eigenvalue weighted by Gasteiger charge is -2.37. The average Bonchev–Trinajstić information content (AvgIpc) is 2.51. The summed E-state index contributed by atoms with van der Waals surface area (Å²) in [6.45, 7) is -0.631. The van der Waals surface area contributed by atoms with Crippen molar-refractivity contribution >= 4 is 5.91 Å². The normalized spacial score (nSPS) is 28.4. The average molecular weight is 335 g/mol. The maximum absolute atomic E-state index is 12.5. The summed E-state index contributed by atoms with van der Waals surface area (Å²) in [6.07, 6.45) is -8.19. The molecule has 0 bridgehead atoms. The van der Waals surface area contributed by atoms with Gasteiger partial charge in [0, 0.05) is 5.56 Å². The Labute approximate surface area is 129 Å². The summed E-state index contributed by atoms with van der Waals surface area (Å²) >= 11 is 0. The molecule has 0 aliphatic carbocycles. The smallest absolute Gasteiger partial charge is 0.394 e. The second kappa shape index (κ2) is 6.83. The van der Waals surface area contributed by atoms with E-state index in [1.807, 2.05) is 0 Å². The molecule has 0 unspecified atom stereocenters. The van der Waals surface area contributed by atoms with Gasteiger partial charge in [-0.3, -0.25) is 4.79 Å². The fourth-order valence-corrected chi connectivity index (χ4v) is 2.23. The zero-order valence-corrected chi connectivity index (χ0v) is 11.8. The van der Waals surface area contributed by atoms with E-state index in [2.05, 4.69) is 5.32 Å². The van der Waals surface area contributed by atoms with Gasteiger partial charge in [0.25, 0.3) is 5.91 Å². The molecule has 9 heteroatoms. The summed E-state index contributed by atoms with van der Waals surface area (Å²) in [5.74, 6) is -0.707. The molecule has 1 aliphatic heterocycles. The Kier molecular flexibility index (Phi) is 5.25. The topological polar surface area (TPSA) is 99.0 Å². The van der Waals surface area contributed by atoms with Crippen LogP contribution in [0.5, 0.6) is 0 Å². The van der Waals surface area contributed by atoms with Gasteiger partial charge in [0.05, 0.1) is 24.8 Å². The first-order valence-corrected chi connectivity index (χ1v) is 6.80. The molecule has 0 radical (unpaired) electrons. The fourth-order valence-electron chi connectivity index (χ4n) is 2.23. The number of hydrogen-bond acceptors (Lipinski definition) is 5. The summed E-state index contributed by atoms with van der Waals surface area (Å²) in [5, 5.41) is 30.9. The number of benzene rings is 1. The number of hydrogen-bond donors (Lipinski definition) is 4. The van der Waals surface area contributed by atoms with Gasteiger partial charge in [-0.2, -0.15) is 13.2 Å². The predicted octanol–water partition coefficient (Wildman–Crippen LogP) is -0.0833. The van der Waals surface area contributed by atoms with E-state index in [0.29, 0.717) is 0 Å². The van der Waals surface area contributed by atoms with Crippen molar-refractivity contribution < 1.29 is 38.0 Å². The summed E-state index contributed by atoms with van der Waals surface area (Å²) in [7, 11) is 0. The number of alkyl halides is 3. The van der Waals surface area contributed by atoms with Crippen molar-refractivity contribution in [1.82, 2.24) is 5.32 Å². The number of nitrogens with one attached hydrogen (secondary N) is 1. The molecule has 23 heavy (non-hydrogen) atoms. The summed E-state index contributed by atoms with van der Waals surface area (Å²) in [5.41, 5.74) is -0.903. The Morgan fingerprint density at radius 2 is 1.83 bits per heavy atom. The molecule has 4 atom stereocenters. The number of aliphatic hydroxyl groups excluding tert-OH is 3. The van der Waals surface area contributed by atoms with Crippen molar-refractivity contribution in [3.63, 3.8) is 0 Å². The molecule has 0 saturated carbocycles. The van der Waals surface area contributed by atoms with Crippen LogP contribution in [0.15, 0.2) is 24.3 Å². The van der Waals surface area contributed by atoms with Crippen molar-refractivity contribution in [2.45, 2.75) is 30.5 Å². The van der Waals surface area contributed by atoms with Gasteiger partial charge in [0.2, 0.25) is 0 Å². The monoisotopic (exact) mass is 335 g/mol. The fraction of sp³-hybridized carbons (Fsp3) is 0.500. The Morgan fingerprint density at radius 1 is 1.22 bits per heavy atom. The highest BCUT2D eigenvalue weighted by molar-refractivity contribution is 5.94. The van der Waals surface area contributed by atoms with Crippen molar-refractivity contribution in [2.75, 3.05) is 13.2 Å². The van der Waals surface area contributed by atoms with E-state index < -0.39 is 48.6 Å². The largest absolute Gasteiger partial charge is 0.416 e. The lowest BCUT2D eigenvalue weighted by atomic mass is 9.98. The van der Waals surface area contributed by atoms with E-state index in [9.17, 15) is 28.2 Å². The van der Waals surface area contributed by atoms with Gasteiger partial charge in [0.1, 0.15) is 18.3 Å². The van der Waals surface area contributed by atoms with Crippen LogP contribution in [-0.2, 0) is 10.9 Å². The molecular weight excluding hydrogens is 319 g/mol. The molecule has 0 spiro atoms. The zero-order valence-electron chi connectivity index (χ0n) is 11.8. The molecule has 0 aromatic heterocycles. The molecule has 4 N–H and O–H groups in total. The van der Waals surface area contributed by atoms with Gasteiger partial charge in [0.15, 0.2) is 0 Å². The molecule has 1 aromatic rings. The molecular formula is C14H16F3NO5. The number of aliphatic hydroxyl groups is 3. The number of carbonyl (C=O) groups excluding carboxylic acids is 1. The maximum atomic E-state index is 12.5. The quantitative estimate of drug-likeness (QED) is 0.619. The first-order valence-electron chi connectivity index (χ1n) is 6.80. The third-order valence-corrected chi connectivity index (χ3v) is 3.60. The third-order valence-electron chi connectivity index (χ3n) is 3.60. The Balaban J connectivity index is 2.02. The summed E-state index contributed by atoms with van der Waals surface area (Å²) in [4.78, 5) is 12.0. The van der Waals surface area contributed by atoms with Crippen molar-refractivity contribution in [2.24, 2.45) is 0 Å². The first kappa shape index (κ1) is 17.7. The van der Waals surface area contributed by atoms with Crippen LogP contribution in [-0.4, -0.2) is 58.8 Å². The van der Waals surface area contributed by atoms with Gasteiger partial charge in [-0.15, -0.1) is 0 Å². The van der Waals surface area contributed by atoms with Crippen molar-refractivity contribution in [3.8, 4) is 0 Å². The molecule has 1 heterocycles. The highest BCUT2D eigenvalue weighted by atomic mass is 19.4. The van der Waals surface area contributed by atoms with E-state index in [1.54, 1.807) is 0 Å². The van der Waals surface area contributed by atoms with Gasteiger partial charge in [-0.05, 0) is 24.3 Å². The van der Waals surface area contributed by atoms with Crippen molar-refractivity contribution in [3.05, 3.63) is 35.4 Å². The lowest BCUT2D eigenvalue weighted by molar-refractivity contribution is -0.159. The maximum Gasteiger partial charge on any atom is 0.416 e. The minimum Gasteiger partial charge on any atom is -0.394 e. The molecule has 6 nitrogen and oxygen atoms in total. The SMILES string of the molecule is O=C(N[C@H]1CO[C@H](CO)[C@@H](O)[C@@H]1O)c1ccc(C(F)(F)F)cc1. The highest BCUT2D eigenvalue weighted by Gasteiger charge is 2.39. The van der Waals surface area contributed by atoms with Gasteiger partial charge in [-0.25, -0.2) is 0 Å². The molecule has 2 rings (SSSR count). The summed E-state index contributed by atoms with van der Waals surface area (Å²) < 4.78 is 42.5. The van der Waals surface area contributed by atoms with E-state index in [-0.39, 0.29) is 12.2 Å². The third kappa shape index (κ3) is 3.99. The van der Waals surface area contributed by atoms with Gasteiger partial charge in [-0.1, -0.05) is 0 Å². The first-order chi connectivity index (χ1) is 10.7. The van der Waals surface area contributed by atoms with Crippen LogP contribution >= 0.6 is 0 Å². The number of rotatable bonds is 3. The summed E-state index contributed by atoms with van der Waals surface area (Å²) in [6, 6.07) is 2.64. The van der Waals surface area contributed by atoms with Crippen LogP contribution in [0.1, 0.15) is 15.9 Å². The lowest BCUT2D eigenvalue weighted by Crippen LogP contribution is -2.59. The van der Waals surface area contributed by atoms with Crippen molar-refractivity contribution in [1.29, 1.82) is 0 Å². The minimum atomic E-state index is -4.49. The number of halogens is 3. The number of carbonyl (C=O) groups is 1. The van der Waals surface area contributed by atoms with Crippen LogP contribution in [0.4, 0.5) is 13.2 Å². The van der Waals surface area contributed by atoms with Gasteiger partial charge >= 0.3 is 6.18 Å². The molecule has 1 aromatic carbocycles. The Hall–Kier alpha value is -1.68. The molecule has 1 amide bonds. The van der Waals surface area contributed by atoms with Crippen LogP contribution in [0.25, 0.3) is 0 Å². The Morgan fingerprint density at radius 3 is 2.35 bits per heavy atom. The van der Waals surface area contributed by atoms with Crippen LogP contribution < -0.4 is 5.32 Å². The van der Waals surface area contributed by atoms with Crippen LogP contribution in [0, 0.1) is 0 Å². The van der Waals surface area contributed by atoms with Crippen LogP contribution in [0.3, 0.4) is 0 Å². The second-order valence-electron chi connectivity index (χ2n) is 5.19. The number of ether oxygens (including phenoxy) is 1. The highest BCUT2D eigenvalue weighted by Crippen LogP contribution is 2.29. The standard InChI is InChI=1S/C14H16F3NO5/c15-14(16,17)8-3-1-7(2-4-8)13(22)18-9-6-23-10(5-19)12(21)11(9)20/h1-4,9-12,19-21H,5-6H2,(H,18,22)/t9-,10+,11+,12+/m0/s1. The van der Waals surface area contributed by atoms with E-state index in [4.69, 9.17) is 9.84 Å². The molecule has 1 fully saturated rings. The minimum absolute atomic E-state index is 0.0241. The van der Waals surface area contributed by atoms with Crippen LogP contribution in [0.2, 0.25) is 0 Å².